The molecule has 5 aromatic rings. The number of piperidine rings is 1. The Morgan fingerprint density at radius 1 is 1.08 bits per heavy atom. The summed E-state index contributed by atoms with van der Waals surface area (Å²) in [6.07, 6.45) is 19.1. The highest BCUT2D eigenvalue weighted by Gasteiger charge is 2.17. The van der Waals surface area contributed by atoms with E-state index in [9.17, 15) is 0 Å². The quantitative estimate of drug-likeness (QED) is 0.266. The largest absolute Gasteiger partial charge is 0.335 e. The van der Waals surface area contributed by atoms with Crippen molar-refractivity contribution in [2.24, 2.45) is 0 Å². The average Bonchev–Trinajstić information content (AvgIpc) is 3.60. The van der Waals surface area contributed by atoms with Crippen LogP contribution in [0.4, 0.5) is 0 Å². The molecular weight excluding hydrogens is 472 g/mol. The van der Waals surface area contributed by atoms with E-state index in [0.29, 0.717) is 5.82 Å². The van der Waals surface area contributed by atoms with Gasteiger partial charge in [-0.2, -0.15) is 5.10 Å². The predicted molar refractivity (Wildman–Crippen MR) is 152 cm³/mol. The van der Waals surface area contributed by atoms with Crippen molar-refractivity contribution in [1.29, 1.82) is 0 Å². The lowest BCUT2D eigenvalue weighted by Gasteiger charge is -2.26. The molecule has 0 unspecified atom stereocenters. The zero-order chi connectivity index (χ0) is 25.9. The van der Waals surface area contributed by atoms with Crippen molar-refractivity contribution in [2.45, 2.75) is 26.2 Å². The Kier molecular flexibility index (Phi) is 6.62. The summed E-state index contributed by atoms with van der Waals surface area (Å²) < 4.78 is 0. The number of hydrogen-bond donors (Lipinski definition) is 2. The highest BCUT2D eigenvalue weighted by molar-refractivity contribution is 5.97. The minimum Gasteiger partial charge on any atom is -0.335 e. The SMILES string of the molecule is C=C/C(=C\C(=C/C)c1cc2c(-c3nc4c(-c5cccnc5)cncc4[nH]3)n[nH]c2cn1)CN1CCCCC1. The molecule has 0 radical (unpaired) electrons. The summed E-state index contributed by atoms with van der Waals surface area (Å²) in [4.78, 5) is 24.2. The second-order valence-electron chi connectivity index (χ2n) is 9.60. The zero-order valence-corrected chi connectivity index (χ0v) is 21.5. The van der Waals surface area contributed by atoms with Crippen LogP contribution in [0, 0.1) is 0 Å². The monoisotopic (exact) mass is 502 g/mol. The van der Waals surface area contributed by atoms with Crippen LogP contribution in [0.5, 0.6) is 0 Å². The molecule has 0 aliphatic carbocycles. The second-order valence-corrected chi connectivity index (χ2v) is 9.60. The number of pyridine rings is 3. The number of nitrogens with one attached hydrogen (secondary N) is 2. The molecule has 0 spiro atoms. The maximum absolute atomic E-state index is 4.93. The third-order valence-electron chi connectivity index (χ3n) is 7.10. The number of imidazole rings is 1. The smallest absolute Gasteiger partial charge is 0.159 e. The summed E-state index contributed by atoms with van der Waals surface area (Å²) in [6.45, 7) is 9.32. The molecule has 0 saturated carbocycles. The first-order valence-electron chi connectivity index (χ1n) is 13.0. The van der Waals surface area contributed by atoms with Gasteiger partial charge in [0.2, 0.25) is 0 Å². The maximum Gasteiger partial charge on any atom is 0.159 e. The van der Waals surface area contributed by atoms with Gasteiger partial charge in [-0.05, 0) is 62.2 Å². The number of fused-ring (bicyclic) bond motifs is 2. The van der Waals surface area contributed by atoms with Gasteiger partial charge in [0.15, 0.2) is 5.82 Å². The van der Waals surface area contributed by atoms with Crippen molar-refractivity contribution in [3.8, 4) is 22.6 Å². The summed E-state index contributed by atoms with van der Waals surface area (Å²) >= 11 is 0. The van der Waals surface area contributed by atoms with Gasteiger partial charge < -0.3 is 4.98 Å². The number of H-pyrrole nitrogens is 2. The Morgan fingerprint density at radius 3 is 2.76 bits per heavy atom. The molecule has 2 N–H and O–H groups in total. The summed E-state index contributed by atoms with van der Waals surface area (Å²) in [5.41, 5.74) is 8.30. The van der Waals surface area contributed by atoms with E-state index in [1.807, 2.05) is 43.7 Å². The Morgan fingerprint density at radius 2 is 1.97 bits per heavy atom. The Balaban J connectivity index is 1.36. The van der Waals surface area contributed by atoms with Crippen LogP contribution in [-0.4, -0.2) is 59.7 Å². The molecule has 1 aliphatic rings. The number of aromatic nitrogens is 7. The minimum atomic E-state index is 0.677. The van der Waals surface area contributed by atoms with Gasteiger partial charge in [-0.15, -0.1) is 0 Å². The molecule has 8 heteroatoms. The number of nitrogens with zero attached hydrogens (tertiary/aromatic N) is 6. The molecule has 38 heavy (non-hydrogen) atoms. The van der Waals surface area contributed by atoms with Crippen LogP contribution >= 0.6 is 0 Å². The average molecular weight is 503 g/mol. The summed E-state index contributed by atoms with van der Waals surface area (Å²) in [5.74, 6) is 0.677. The Hall–Kier alpha value is -4.43. The topological polar surface area (TPSA) is 99.3 Å². The Bertz CT molecular complexity index is 1650. The molecule has 6 rings (SSSR count). The standard InChI is InChI=1S/C30H30N8/c1-3-20(19-38-11-6-5-7-12-38)13-21(4-2)25-14-23-26(18-33-25)36-37-29(23)30-34-27-17-32-16-24(28(27)35-30)22-9-8-10-31-15-22/h3-4,8-10,13-18H,1,5-7,11-12,19H2,2H3,(H,34,35)(H,36,37)/b20-13+,21-4+. The predicted octanol–water partition coefficient (Wildman–Crippen LogP) is 5.96. The van der Waals surface area contributed by atoms with Gasteiger partial charge in [0.25, 0.3) is 0 Å². The molecule has 0 amide bonds. The van der Waals surface area contributed by atoms with Gasteiger partial charge in [-0.25, -0.2) is 4.98 Å². The lowest BCUT2D eigenvalue weighted by atomic mass is 10.0. The number of allylic oxidation sites excluding steroid dienone is 3. The first-order chi connectivity index (χ1) is 18.7. The van der Waals surface area contributed by atoms with Crippen LogP contribution < -0.4 is 0 Å². The lowest BCUT2D eigenvalue weighted by Crippen LogP contribution is -2.31. The van der Waals surface area contributed by atoms with E-state index in [0.717, 1.165) is 69.7 Å². The number of aromatic amines is 2. The fourth-order valence-corrected chi connectivity index (χ4v) is 5.08. The van der Waals surface area contributed by atoms with Gasteiger partial charge in [-0.3, -0.25) is 25.0 Å². The van der Waals surface area contributed by atoms with Gasteiger partial charge in [-0.1, -0.05) is 31.2 Å². The maximum atomic E-state index is 4.93. The van der Waals surface area contributed by atoms with Crippen LogP contribution in [0.15, 0.2) is 79.6 Å². The van der Waals surface area contributed by atoms with Crippen molar-refractivity contribution < 1.29 is 0 Å². The van der Waals surface area contributed by atoms with Crippen LogP contribution in [-0.2, 0) is 0 Å². The molecule has 1 fully saturated rings. The molecule has 0 atom stereocenters. The lowest BCUT2D eigenvalue weighted by molar-refractivity contribution is 0.248. The van der Waals surface area contributed by atoms with Crippen LogP contribution in [0.1, 0.15) is 31.9 Å². The third kappa shape index (κ3) is 4.66. The van der Waals surface area contributed by atoms with E-state index in [2.05, 4.69) is 54.8 Å². The van der Waals surface area contributed by atoms with Gasteiger partial charge >= 0.3 is 0 Å². The van der Waals surface area contributed by atoms with E-state index in [1.54, 1.807) is 12.4 Å². The highest BCUT2D eigenvalue weighted by Crippen LogP contribution is 2.31. The molecule has 1 saturated heterocycles. The van der Waals surface area contributed by atoms with E-state index in [4.69, 9.17) is 9.97 Å². The molecule has 0 bridgehead atoms. The van der Waals surface area contributed by atoms with Crippen molar-refractivity contribution in [3.05, 3.63) is 85.3 Å². The van der Waals surface area contributed by atoms with Gasteiger partial charge in [0.05, 0.1) is 29.1 Å². The number of rotatable bonds is 7. The van der Waals surface area contributed by atoms with E-state index >= 15 is 0 Å². The number of hydrogen-bond acceptors (Lipinski definition) is 6. The van der Waals surface area contributed by atoms with Crippen LogP contribution in [0.25, 0.3) is 50.2 Å². The Labute approximate surface area is 221 Å². The van der Waals surface area contributed by atoms with Crippen molar-refractivity contribution >= 4 is 27.5 Å². The van der Waals surface area contributed by atoms with E-state index in [1.165, 1.54) is 24.8 Å². The molecule has 1 aliphatic heterocycles. The molecule has 6 heterocycles. The first-order valence-corrected chi connectivity index (χ1v) is 13.0. The van der Waals surface area contributed by atoms with E-state index in [-0.39, 0.29) is 0 Å². The van der Waals surface area contributed by atoms with Crippen molar-refractivity contribution in [1.82, 2.24) is 40.0 Å². The first kappa shape index (κ1) is 23.9. The molecular formula is C30H30N8. The zero-order valence-electron chi connectivity index (χ0n) is 21.5. The summed E-state index contributed by atoms with van der Waals surface area (Å²) in [7, 11) is 0. The third-order valence-corrected chi connectivity index (χ3v) is 7.10. The highest BCUT2D eigenvalue weighted by atomic mass is 15.1. The van der Waals surface area contributed by atoms with Crippen LogP contribution in [0.3, 0.4) is 0 Å². The minimum absolute atomic E-state index is 0.677. The molecule has 190 valence electrons. The molecule has 5 aromatic heterocycles. The van der Waals surface area contributed by atoms with Crippen molar-refractivity contribution in [3.63, 3.8) is 0 Å². The van der Waals surface area contributed by atoms with E-state index < -0.39 is 0 Å². The summed E-state index contributed by atoms with van der Waals surface area (Å²) in [6, 6.07) is 6.00. The van der Waals surface area contributed by atoms with Gasteiger partial charge in [0.1, 0.15) is 11.2 Å². The second kappa shape index (κ2) is 10.5. The fraction of sp³-hybridized carbons (Fsp3) is 0.233. The number of likely N-dealkylation sites (tertiary alicyclic amines) is 1. The molecule has 0 aromatic carbocycles. The van der Waals surface area contributed by atoms with Crippen molar-refractivity contribution in [2.75, 3.05) is 19.6 Å². The van der Waals surface area contributed by atoms with Gasteiger partial charge in [0, 0.05) is 41.6 Å². The molecule has 8 nitrogen and oxygen atoms in total. The fourth-order valence-electron chi connectivity index (χ4n) is 5.08. The van der Waals surface area contributed by atoms with Crippen LogP contribution in [0.2, 0.25) is 0 Å². The summed E-state index contributed by atoms with van der Waals surface area (Å²) in [5, 5.41) is 8.66. The normalized spacial score (nSPS) is 15.4.